The van der Waals surface area contributed by atoms with E-state index in [0.717, 1.165) is 5.56 Å². The van der Waals surface area contributed by atoms with E-state index in [1.54, 1.807) is 23.1 Å². The Balaban J connectivity index is 1.65. The van der Waals surface area contributed by atoms with Crippen LogP contribution in [0, 0.1) is 11.8 Å². The van der Waals surface area contributed by atoms with Gasteiger partial charge in [0.05, 0.1) is 16.7 Å². The molecule has 0 unspecified atom stereocenters. The Morgan fingerprint density at radius 2 is 1.52 bits per heavy atom. The fraction of sp³-hybridized carbons (Fsp3) is 0.524. The minimum absolute atomic E-state index is 0.194. The quantitative estimate of drug-likeness (QED) is 0.738. The molecular formula is C21H28N2O5S. The first-order valence-electron chi connectivity index (χ1n) is 9.98. The van der Waals surface area contributed by atoms with Crippen molar-refractivity contribution >= 4 is 21.9 Å². The van der Waals surface area contributed by atoms with E-state index >= 15 is 0 Å². The van der Waals surface area contributed by atoms with E-state index in [4.69, 9.17) is 0 Å². The summed E-state index contributed by atoms with van der Waals surface area (Å²) in [5, 5.41) is 9.39. The Kier molecular flexibility index (Phi) is 6.43. The van der Waals surface area contributed by atoms with Crippen LogP contribution in [0.25, 0.3) is 0 Å². The number of amides is 1. The standard InChI is InChI=1S/C21H28N2O5S/c1-15(2)16-7-9-17(10-8-16)29(27,28)23-13-11-22(12-14-23)20(24)18-5-3-4-6-19(18)21(25)26/h3-4,7-10,15,18-19H,5-6,11-14H2,1-2H3,(H,25,26)/t18-,19-/m0/s1. The summed E-state index contributed by atoms with van der Waals surface area (Å²) < 4.78 is 27.2. The van der Waals surface area contributed by atoms with Gasteiger partial charge in [0, 0.05) is 26.2 Å². The average molecular weight is 421 g/mol. The van der Waals surface area contributed by atoms with Gasteiger partial charge in [0.2, 0.25) is 15.9 Å². The molecule has 0 saturated carbocycles. The molecule has 29 heavy (non-hydrogen) atoms. The first-order chi connectivity index (χ1) is 13.7. The van der Waals surface area contributed by atoms with E-state index in [1.807, 2.05) is 18.2 Å². The molecule has 1 aromatic carbocycles. The van der Waals surface area contributed by atoms with Crippen molar-refractivity contribution in [2.24, 2.45) is 11.8 Å². The van der Waals surface area contributed by atoms with Crippen molar-refractivity contribution in [1.29, 1.82) is 0 Å². The van der Waals surface area contributed by atoms with Crippen LogP contribution in [0.5, 0.6) is 0 Å². The third kappa shape index (κ3) is 4.53. The van der Waals surface area contributed by atoms with Crippen LogP contribution in [0.15, 0.2) is 41.3 Å². The molecule has 158 valence electrons. The number of allylic oxidation sites excluding steroid dienone is 2. The maximum atomic E-state index is 12.9. The Morgan fingerprint density at radius 3 is 2.03 bits per heavy atom. The van der Waals surface area contributed by atoms with Crippen molar-refractivity contribution in [3.8, 4) is 0 Å². The molecule has 0 aromatic heterocycles. The van der Waals surface area contributed by atoms with Crippen LogP contribution >= 0.6 is 0 Å². The maximum absolute atomic E-state index is 12.9. The van der Waals surface area contributed by atoms with E-state index in [1.165, 1.54) is 4.31 Å². The lowest BCUT2D eigenvalue weighted by Crippen LogP contribution is -2.53. The third-order valence-electron chi connectivity index (χ3n) is 5.80. The lowest BCUT2D eigenvalue weighted by atomic mass is 9.82. The van der Waals surface area contributed by atoms with Gasteiger partial charge in [-0.1, -0.05) is 38.1 Å². The van der Waals surface area contributed by atoms with Crippen LogP contribution in [0.4, 0.5) is 0 Å². The second-order valence-electron chi connectivity index (χ2n) is 7.95. The number of hydrogen-bond donors (Lipinski definition) is 1. The molecule has 1 aliphatic heterocycles. The van der Waals surface area contributed by atoms with E-state index in [2.05, 4.69) is 13.8 Å². The molecule has 7 nitrogen and oxygen atoms in total. The van der Waals surface area contributed by atoms with Crippen molar-refractivity contribution in [1.82, 2.24) is 9.21 Å². The molecule has 1 aromatic rings. The molecule has 1 saturated heterocycles. The smallest absolute Gasteiger partial charge is 0.307 e. The predicted octanol–water partition coefficient (Wildman–Crippen LogP) is 2.31. The van der Waals surface area contributed by atoms with Gasteiger partial charge >= 0.3 is 5.97 Å². The summed E-state index contributed by atoms with van der Waals surface area (Å²) in [5.41, 5.74) is 1.08. The van der Waals surface area contributed by atoms with Gasteiger partial charge in [-0.3, -0.25) is 9.59 Å². The van der Waals surface area contributed by atoms with Crippen molar-refractivity contribution in [2.75, 3.05) is 26.2 Å². The number of piperazine rings is 1. The molecule has 1 amide bonds. The molecule has 1 aliphatic carbocycles. The highest BCUT2D eigenvalue weighted by atomic mass is 32.2. The first-order valence-corrected chi connectivity index (χ1v) is 11.4. The molecule has 1 heterocycles. The molecule has 3 rings (SSSR count). The Bertz CT molecular complexity index is 884. The highest BCUT2D eigenvalue weighted by Gasteiger charge is 2.38. The summed E-state index contributed by atoms with van der Waals surface area (Å²) in [6.45, 7) is 5.07. The fourth-order valence-electron chi connectivity index (χ4n) is 3.92. The third-order valence-corrected chi connectivity index (χ3v) is 7.71. The van der Waals surface area contributed by atoms with E-state index in [0.29, 0.717) is 18.8 Å². The molecule has 2 aliphatic rings. The summed E-state index contributed by atoms with van der Waals surface area (Å²) in [6, 6.07) is 6.93. The molecular weight excluding hydrogens is 392 g/mol. The minimum atomic E-state index is -3.61. The summed E-state index contributed by atoms with van der Waals surface area (Å²) in [4.78, 5) is 26.2. The van der Waals surface area contributed by atoms with Crippen LogP contribution in [0.2, 0.25) is 0 Å². The Morgan fingerprint density at radius 1 is 0.966 bits per heavy atom. The maximum Gasteiger partial charge on any atom is 0.307 e. The number of sulfonamides is 1. The highest BCUT2D eigenvalue weighted by molar-refractivity contribution is 7.89. The van der Waals surface area contributed by atoms with Crippen molar-refractivity contribution in [3.05, 3.63) is 42.0 Å². The predicted molar refractivity (Wildman–Crippen MR) is 109 cm³/mol. The number of benzene rings is 1. The van der Waals surface area contributed by atoms with Crippen molar-refractivity contribution in [2.45, 2.75) is 37.5 Å². The number of carboxylic acid groups (broad SMARTS) is 1. The second-order valence-corrected chi connectivity index (χ2v) is 9.89. The van der Waals surface area contributed by atoms with Gasteiger partial charge < -0.3 is 10.0 Å². The van der Waals surface area contributed by atoms with Crippen LogP contribution in [-0.4, -0.2) is 60.8 Å². The largest absolute Gasteiger partial charge is 0.481 e. The number of carboxylic acids is 1. The topological polar surface area (TPSA) is 95.0 Å². The minimum Gasteiger partial charge on any atom is -0.481 e. The SMILES string of the molecule is CC(C)c1ccc(S(=O)(=O)N2CCN(C(=O)[C@H]3CC=CC[C@@H]3C(=O)O)CC2)cc1. The van der Waals surface area contributed by atoms with Crippen LogP contribution in [0.3, 0.4) is 0 Å². The zero-order valence-electron chi connectivity index (χ0n) is 16.8. The van der Waals surface area contributed by atoms with Gasteiger partial charge in [0.1, 0.15) is 0 Å². The number of rotatable bonds is 5. The highest BCUT2D eigenvalue weighted by Crippen LogP contribution is 2.29. The zero-order valence-corrected chi connectivity index (χ0v) is 17.6. The molecule has 8 heteroatoms. The van der Waals surface area contributed by atoms with Gasteiger partial charge in [-0.05, 0) is 36.5 Å². The zero-order chi connectivity index (χ0) is 21.2. The number of carbonyl (C=O) groups excluding carboxylic acids is 1. The van der Waals surface area contributed by atoms with Gasteiger partial charge in [0.15, 0.2) is 0 Å². The number of nitrogens with zero attached hydrogens (tertiary/aromatic N) is 2. The molecule has 0 spiro atoms. The van der Waals surface area contributed by atoms with Crippen molar-refractivity contribution < 1.29 is 23.1 Å². The lowest BCUT2D eigenvalue weighted by molar-refractivity contribution is -0.151. The number of aliphatic carboxylic acids is 1. The van der Waals surface area contributed by atoms with Gasteiger partial charge in [-0.15, -0.1) is 0 Å². The number of hydrogen-bond acceptors (Lipinski definition) is 4. The van der Waals surface area contributed by atoms with Crippen LogP contribution < -0.4 is 0 Å². The number of carbonyl (C=O) groups is 2. The van der Waals surface area contributed by atoms with E-state index < -0.39 is 27.8 Å². The average Bonchev–Trinajstić information content (AvgIpc) is 2.73. The van der Waals surface area contributed by atoms with E-state index in [9.17, 15) is 23.1 Å². The second kappa shape index (κ2) is 8.67. The Labute approximate surface area is 172 Å². The molecule has 0 radical (unpaired) electrons. The molecule has 0 bridgehead atoms. The molecule has 1 fully saturated rings. The summed E-state index contributed by atoms with van der Waals surface area (Å²) >= 11 is 0. The normalized spacial score (nSPS) is 23.3. The van der Waals surface area contributed by atoms with Crippen LogP contribution in [-0.2, 0) is 19.6 Å². The summed E-state index contributed by atoms with van der Waals surface area (Å²) in [6.07, 6.45) is 4.42. The molecule has 1 N–H and O–H groups in total. The molecule has 2 atom stereocenters. The van der Waals surface area contributed by atoms with Gasteiger partial charge in [-0.25, -0.2) is 8.42 Å². The monoisotopic (exact) mass is 420 g/mol. The summed E-state index contributed by atoms with van der Waals surface area (Å²) in [7, 11) is -3.61. The first kappa shape index (κ1) is 21.5. The lowest BCUT2D eigenvalue weighted by Gasteiger charge is -2.37. The summed E-state index contributed by atoms with van der Waals surface area (Å²) in [5.74, 6) is -2.12. The van der Waals surface area contributed by atoms with E-state index in [-0.39, 0.29) is 37.0 Å². The fourth-order valence-corrected chi connectivity index (χ4v) is 5.34. The van der Waals surface area contributed by atoms with Gasteiger partial charge in [-0.2, -0.15) is 4.31 Å². The van der Waals surface area contributed by atoms with Gasteiger partial charge in [0.25, 0.3) is 0 Å². The Hall–Kier alpha value is -2.19. The van der Waals surface area contributed by atoms with Crippen LogP contribution in [0.1, 0.15) is 38.2 Å². The van der Waals surface area contributed by atoms with Crippen molar-refractivity contribution in [3.63, 3.8) is 0 Å².